The first-order chi connectivity index (χ1) is 16.0. The summed E-state index contributed by atoms with van der Waals surface area (Å²) in [5.41, 5.74) is 4.09. The third-order valence-corrected chi connectivity index (χ3v) is 11.6. The fourth-order valence-corrected chi connectivity index (χ4v) is 9.76. The zero-order chi connectivity index (χ0) is 24.8. The SMILES string of the molecule is C/C=C(/CC[C@@H](C)[C@H]1CCC2C3CC=C4[C@H](C)[C@@H](OC(C)=O)CC[C@]4(C)C3CC[C@@]21C)C(C)C. The second kappa shape index (κ2) is 9.78. The third kappa shape index (κ3) is 4.34. The Morgan fingerprint density at radius 3 is 2.50 bits per heavy atom. The molecule has 0 radical (unpaired) electrons. The fourth-order valence-electron chi connectivity index (χ4n) is 9.76. The highest BCUT2D eigenvalue weighted by Crippen LogP contribution is 2.67. The van der Waals surface area contributed by atoms with Crippen molar-refractivity contribution in [2.75, 3.05) is 0 Å². The molecular weight excluding hydrogens is 416 g/mol. The lowest BCUT2D eigenvalue weighted by Gasteiger charge is -2.59. The first kappa shape index (κ1) is 26.0. The average molecular weight is 469 g/mol. The molecule has 4 aliphatic carbocycles. The average Bonchev–Trinajstić information content (AvgIpc) is 3.13. The van der Waals surface area contributed by atoms with Gasteiger partial charge < -0.3 is 4.74 Å². The number of ether oxygens (including phenoxy) is 1. The minimum absolute atomic E-state index is 0.0758. The molecule has 0 aromatic rings. The Labute approximate surface area is 210 Å². The van der Waals surface area contributed by atoms with Gasteiger partial charge in [0.15, 0.2) is 0 Å². The van der Waals surface area contributed by atoms with Gasteiger partial charge in [0, 0.05) is 12.8 Å². The van der Waals surface area contributed by atoms with Crippen molar-refractivity contribution in [3.63, 3.8) is 0 Å². The van der Waals surface area contributed by atoms with E-state index < -0.39 is 0 Å². The molecule has 0 spiro atoms. The van der Waals surface area contributed by atoms with Crippen LogP contribution in [0.5, 0.6) is 0 Å². The van der Waals surface area contributed by atoms with Gasteiger partial charge in [-0.3, -0.25) is 4.79 Å². The third-order valence-electron chi connectivity index (χ3n) is 11.6. The highest BCUT2D eigenvalue weighted by Gasteiger charge is 2.60. The van der Waals surface area contributed by atoms with Crippen molar-refractivity contribution in [1.29, 1.82) is 0 Å². The summed E-state index contributed by atoms with van der Waals surface area (Å²) >= 11 is 0. The van der Waals surface area contributed by atoms with E-state index in [1.165, 1.54) is 51.4 Å². The normalized spacial score (nSPS) is 43.0. The van der Waals surface area contributed by atoms with Gasteiger partial charge in [-0.15, -0.1) is 0 Å². The molecule has 4 rings (SSSR count). The number of fused-ring (bicyclic) bond motifs is 5. The molecule has 0 bridgehead atoms. The van der Waals surface area contributed by atoms with Gasteiger partial charge >= 0.3 is 5.97 Å². The summed E-state index contributed by atoms with van der Waals surface area (Å²) in [4.78, 5) is 11.7. The van der Waals surface area contributed by atoms with Crippen LogP contribution in [0.2, 0.25) is 0 Å². The van der Waals surface area contributed by atoms with Gasteiger partial charge in [0.2, 0.25) is 0 Å². The van der Waals surface area contributed by atoms with Gasteiger partial charge in [-0.1, -0.05) is 64.8 Å². The van der Waals surface area contributed by atoms with Crippen LogP contribution in [0.4, 0.5) is 0 Å². The molecule has 2 heteroatoms. The zero-order valence-corrected chi connectivity index (χ0v) is 23.5. The van der Waals surface area contributed by atoms with Crippen LogP contribution in [-0.4, -0.2) is 12.1 Å². The van der Waals surface area contributed by atoms with Gasteiger partial charge in [0.05, 0.1) is 0 Å². The van der Waals surface area contributed by atoms with E-state index in [0.717, 1.165) is 36.0 Å². The van der Waals surface area contributed by atoms with Crippen LogP contribution in [0.3, 0.4) is 0 Å². The first-order valence-electron chi connectivity index (χ1n) is 14.6. The number of carbonyl (C=O) groups is 1. The van der Waals surface area contributed by atoms with Crippen LogP contribution >= 0.6 is 0 Å². The fraction of sp³-hybridized carbons (Fsp3) is 0.844. The lowest BCUT2D eigenvalue weighted by atomic mass is 9.46. The van der Waals surface area contributed by atoms with Gasteiger partial charge in [-0.2, -0.15) is 0 Å². The van der Waals surface area contributed by atoms with Crippen molar-refractivity contribution in [3.05, 3.63) is 23.3 Å². The Bertz CT molecular complexity index is 821. The lowest BCUT2D eigenvalue weighted by Crippen LogP contribution is -2.52. The summed E-state index contributed by atoms with van der Waals surface area (Å²) in [6.45, 7) is 18.6. The van der Waals surface area contributed by atoms with Crippen molar-refractivity contribution >= 4 is 5.97 Å². The van der Waals surface area contributed by atoms with Crippen LogP contribution in [0.1, 0.15) is 113 Å². The Balaban J connectivity index is 1.50. The van der Waals surface area contributed by atoms with E-state index in [-0.39, 0.29) is 12.1 Å². The van der Waals surface area contributed by atoms with Crippen LogP contribution in [0.25, 0.3) is 0 Å². The number of rotatable bonds is 6. The summed E-state index contributed by atoms with van der Waals surface area (Å²) in [7, 11) is 0. The summed E-state index contributed by atoms with van der Waals surface area (Å²) in [5, 5.41) is 0. The summed E-state index contributed by atoms with van der Waals surface area (Å²) in [6.07, 6.45) is 16.9. The molecule has 0 heterocycles. The molecular formula is C32H52O2. The molecule has 3 fully saturated rings. The van der Waals surface area contributed by atoms with Crippen molar-refractivity contribution in [3.8, 4) is 0 Å². The summed E-state index contributed by atoms with van der Waals surface area (Å²) in [5.74, 6) is 5.20. The van der Waals surface area contributed by atoms with Gasteiger partial charge in [-0.05, 0) is 111 Å². The highest BCUT2D eigenvalue weighted by atomic mass is 16.5. The quantitative estimate of drug-likeness (QED) is 0.288. The molecule has 34 heavy (non-hydrogen) atoms. The van der Waals surface area contributed by atoms with Crippen molar-refractivity contribution in [2.24, 2.45) is 52.3 Å². The van der Waals surface area contributed by atoms with Crippen molar-refractivity contribution in [1.82, 2.24) is 0 Å². The van der Waals surface area contributed by atoms with Gasteiger partial charge in [0.25, 0.3) is 0 Å². The number of carbonyl (C=O) groups excluding carboxylic acids is 1. The van der Waals surface area contributed by atoms with Crippen LogP contribution in [-0.2, 0) is 9.53 Å². The van der Waals surface area contributed by atoms with Crippen molar-refractivity contribution < 1.29 is 9.53 Å². The van der Waals surface area contributed by atoms with Crippen LogP contribution in [0.15, 0.2) is 23.3 Å². The predicted molar refractivity (Wildman–Crippen MR) is 142 cm³/mol. The van der Waals surface area contributed by atoms with E-state index in [9.17, 15) is 4.79 Å². The van der Waals surface area contributed by atoms with E-state index >= 15 is 0 Å². The largest absolute Gasteiger partial charge is 0.462 e. The van der Waals surface area contributed by atoms with E-state index in [1.54, 1.807) is 18.1 Å². The van der Waals surface area contributed by atoms with E-state index in [0.29, 0.717) is 22.7 Å². The van der Waals surface area contributed by atoms with E-state index in [1.807, 2.05) is 0 Å². The molecule has 3 unspecified atom stereocenters. The number of esters is 1. The molecule has 0 saturated heterocycles. The molecule has 0 aromatic carbocycles. The topological polar surface area (TPSA) is 26.3 Å². The molecule has 2 nitrogen and oxygen atoms in total. The van der Waals surface area contributed by atoms with Gasteiger partial charge in [0.1, 0.15) is 6.10 Å². The van der Waals surface area contributed by atoms with Crippen LogP contribution in [0, 0.1) is 52.3 Å². The molecule has 0 amide bonds. The van der Waals surface area contributed by atoms with Crippen molar-refractivity contribution in [2.45, 2.75) is 119 Å². The second-order valence-electron chi connectivity index (χ2n) is 13.4. The molecule has 0 N–H and O–H groups in total. The molecule has 0 aliphatic heterocycles. The Kier molecular flexibility index (Phi) is 7.48. The van der Waals surface area contributed by atoms with Crippen LogP contribution < -0.4 is 0 Å². The monoisotopic (exact) mass is 468 g/mol. The molecule has 192 valence electrons. The Morgan fingerprint density at radius 2 is 1.85 bits per heavy atom. The minimum atomic E-state index is -0.121. The Hall–Kier alpha value is -1.05. The summed E-state index contributed by atoms with van der Waals surface area (Å²) in [6, 6.07) is 0. The molecule has 9 atom stereocenters. The molecule has 4 aliphatic rings. The number of hydrogen-bond donors (Lipinski definition) is 0. The highest BCUT2D eigenvalue weighted by molar-refractivity contribution is 5.66. The second-order valence-corrected chi connectivity index (χ2v) is 13.4. The first-order valence-corrected chi connectivity index (χ1v) is 14.6. The lowest BCUT2D eigenvalue weighted by molar-refractivity contribution is -0.151. The van der Waals surface area contributed by atoms with E-state index in [2.05, 4.69) is 60.6 Å². The molecule has 3 saturated carbocycles. The zero-order valence-electron chi connectivity index (χ0n) is 23.5. The number of hydrogen-bond acceptors (Lipinski definition) is 2. The Morgan fingerprint density at radius 1 is 1.12 bits per heavy atom. The maximum absolute atomic E-state index is 11.7. The maximum Gasteiger partial charge on any atom is 0.302 e. The molecule has 0 aromatic heterocycles. The van der Waals surface area contributed by atoms with E-state index in [4.69, 9.17) is 4.74 Å². The number of allylic oxidation sites excluding steroid dienone is 3. The summed E-state index contributed by atoms with van der Waals surface area (Å²) < 4.78 is 5.74. The standard InChI is InChI=1S/C32H52O2/c1-9-24(20(2)3)11-10-21(4)26-14-15-28-25-12-13-27-22(5)30(34-23(6)33)17-19-32(27,8)29(25)16-18-31(26,28)7/h9,13,20-22,25-26,28-30H,10-12,14-19H2,1-8H3/b24-9-/t21-,22+,25?,26-,28?,29?,30+,31-,32+/m1/s1. The maximum atomic E-state index is 11.7. The predicted octanol–water partition coefficient (Wildman–Crippen LogP) is 8.76. The minimum Gasteiger partial charge on any atom is -0.462 e. The van der Waals surface area contributed by atoms with Gasteiger partial charge in [-0.25, -0.2) is 0 Å². The smallest absolute Gasteiger partial charge is 0.302 e.